The van der Waals surface area contributed by atoms with Crippen LogP contribution >= 0.6 is 15.9 Å². The van der Waals surface area contributed by atoms with Gasteiger partial charge in [-0.25, -0.2) is 0 Å². The zero-order valence-electron chi connectivity index (χ0n) is 11.6. The molecule has 5 heteroatoms. The van der Waals surface area contributed by atoms with E-state index in [1.807, 2.05) is 18.2 Å². The molecule has 0 fully saturated rings. The standard InChI is InChI=1S/C14H22BrNO3/c1-10(2)16-7-11-5-4-6-13(15)14(11)19-9-12(17)8-18-3/h4-6,10,12,16-17H,7-9H2,1-3H3. The molecule has 1 atom stereocenters. The molecule has 0 amide bonds. The van der Waals surface area contributed by atoms with Gasteiger partial charge in [0.15, 0.2) is 0 Å². The van der Waals surface area contributed by atoms with E-state index in [0.717, 1.165) is 22.3 Å². The van der Waals surface area contributed by atoms with Crippen LogP contribution in [0.25, 0.3) is 0 Å². The minimum absolute atomic E-state index is 0.213. The Balaban J connectivity index is 2.68. The summed E-state index contributed by atoms with van der Waals surface area (Å²) in [6.07, 6.45) is -0.622. The summed E-state index contributed by atoms with van der Waals surface area (Å²) in [5.41, 5.74) is 1.06. The van der Waals surface area contributed by atoms with Crippen LogP contribution in [0.1, 0.15) is 19.4 Å². The Morgan fingerprint density at radius 2 is 2.05 bits per heavy atom. The van der Waals surface area contributed by atoms with E-state index < -0.39 is 6.10 Å². The van der Waals surface area contributed by atoms with Crippen LogP contribution in [-0.4, -0.2) is 37.6 Å². The largest absolute Gasteiger partial charge is 0.489 e. The topological polar surface area (TPSA) is 50.7 Å². The van der Waals surface area contributed by atoms with E-state index in [4.69, 9.17) is 9.47 Å². The number of hydrogen-bond acceptors (Lipinski definition) is 4. The van der Waals surface area contributed by atoms with Crippen molar-refractivity contribution in [3.05, 3.63) is 28.2 Å². The molecular weight excluding hydrogens is 310 g/mol. The molecule has 0 heterocycles. The molecule has 108 valence electrons. The average molecular weight is 332 g/mol. The van der Waals surface area contributed by atoms with Crippen molar-refractivity contribution >= 4 is 15.9 Å². The molecule has 1 rings (SSSR count). The van der Waals surface area contributed by atoms with E-state index in [1.54, 1.807) is 7.11 Å². The number of hydrogen-bond donors (Lipinski definition) is 2. The maximum atomic E-state index is 9.63. The summed E-state index contributed by atoms with van der Waals surface area (Å²) in [5, 5.41) is 13.0. The Morgan fingerprint density at radius 1 is 1.32 bits per heavy atom. The normalized spacial score (nSPS) is 12.7. The fourth-order valence-corrected chi connectivity index (χ4v) is 2.11. The molecule has 0 saturated carbocycles. The van der Waals surface area contributed by atoms with E-state index in [9.17, 15) is 5.11 Å². The Bertz CT molecular complexity index is 385. The molecule has 1 unspecified atom stereocenters. The Morgan fingerprint density at radius 3 is 2.68 bits per heavy atom. The van der Waals surface area contributed by atoms with Crippen LogP contribution in [0.15, 0.2) is 22.7 Å². The average Bonchev–Trinajstić information content (AvgIpc) is 2.35. The molecule has 0 aliphatic heterocycles. The molecule has 0 saturated heterocycles. The summed E-state index contributed by atoms with van der Waals surface area (Å²) in [7, 11) is 1.56. The van der Waals surface area contributed by atoms with Crippen molar-refractivity contribution in [2.45, 2.75) is 32.5 Å². The third kappa shape index (κ3) is 5.91. The maximum absolute atomic E-state index is 9.63. The molecule has 0 aliphatic rings. The van der Waals surface area contributed by atoms with Crippen LogP contribution in [-0.2, 0) is 11.3 Å². The lowest BCUT2D eigenvalue weighted by atomic mass is 10.2. The van der Waals surface area contributed by atoms with Gasteiger partial charge in [0.2, 0.25) is 0 Å². The van der Waals surface area contributed by atoms with Gasteiger partial charge in [-0.3, -0.25) is 0 Å². The van der Waals surface area contributed by atoms with Crippen molar-refractivity contribution in [1.82, 2.24) is 5.32 Å². The number of rotatable bonds is 8. The van der Waals surface area contributed by atoms with Crippen molar-refractivity contribution < 1.29 is 14.6 Å². The number of benzene rings is 1. The van der Waals surface area contributed by atoms with Crippen LogP contribution in [0.2, 0.25) is 0 Å². The summed E-state index contributed by atoms with van der Waals surface area (Å²) in [6.45, 7) is 5.41. The van der Waals surface area contributed by atoms with Crippen LogP contribution < -0.4 is 10.1 Å². The second-order valence-electron chi connectivity index (χ2n) is 4.68. The van der Waals surface area contributed by atoms with E-state index in [2.05, 4.69) is 35.1 Å². The second kappa shape index (κ2) is 8.53. The maximum Gasteiger partial charge on any atom is 0.138 e. The molecule has 2 N–H and O–H groups in total. The fourth-order valence-electron chi connectivity index (χ4n) is 1.59. The third-order valence-electron chi connectivity index (χ3n) is 2.53. The molecule has 1 aromatic rings. The highest BCUT2D eigenvalue weighted by molar-refractivity contribution is 9.10. The first kappa shape index (κ1) is 16.4. The van der Waals surface area contributed by atoms with Crippen molar-refractivity contribution in [2.24, 2.45) is 0 Å². The van der Waals surface area contributed by atoms with Crippen LogP contribution in [0.3, 0.4) is 0 Å². The number of aliphatic hydroxyl groups is 1. The molecule has 0 radical (unpaired) electrons. The molecule has 0 aliphatic carbocycles. The summed E-state index contributed by atoms with van der Waals surface area (Å²) < 4.78 is 11.5. The number of ether oxygens (including phenoxy) is 2. The molecule has 19 heavy (non-hydrogen) atoms. The van der Waals surface area contributed by atoms with Gasteiger partial charge >= 0.3 is 0 Å². The Hall–Kier alpha value is -0.620. The van der Waals surface area contributed by atoms with Gasteiger partial charge in [0.25, 0.3) is 0 Å². The highest BCUT2D eigenvalue weighted by atomic mass is 79.9. The highest BCUT2D eigenvalue weighted by Gasteiger charge is 2.11. The monoisotopic (exact) mass is 331 g/mol. The van der Waals surface area contributed by atoms with Crippen LogP contribution in [0, 0.1) is 0 Å². The van der Waals surface area contributed by atoms with Gasteiger partial charge < -0.3 is 19.9 Å². The number of para-hydroxylation sites is 1. The smallest absolute Gasteiger partial charge is 0.138 e. The van der Waals surface area contributed by atoms with Crippen molar-refractivity contribution in [1.29, 1.82) is 0 Å². The van der Waals surface area contributed by atoms with E-state index in [0.29, 0.717) is 6.04 Å². The summed E-state index contributed by atoms with van der Waals surface area (Å²) in [6, 6.07) is 6.32. The van der Waals surface area contributed by atoms with Crippen molar-refractivity contribution in [3.8, 4) is 5.75 Å². The lowest BCUT2D eigenvalue weighted by Crippen LogP contribution is -2.25. The van der Waals surface area contributed by atoms with Gasteiger partial charge in [-0.05, 0) is 22.0 Å². The van der Waals surface area contributed by atoms with E-state index in [1.165, 1.54) is 0 Å². The summed E-state index contributed by atoms with van der Waals surface area (Å²) >= 11 is 3.48. The molecule has 4 nitrogen and oxygen atoms in total. The van der Waals surface area contributed by atoms with E-state index in [-0.39, 0.29) is 13.2 Å². The predicted molar refractivity (Wildman–Crippen MR) is 79.5 cm³/mol. The first-order valence-corrected chi connectivity index (χ1v) is 7.14. The number of methoxy groups -OCH3 is 1. The first-order chi connectivity index (χ1) is 9.04. The molecule has 0 aromatic heterocycles. The van der Waals surface area contributed by atoms with E-state index >= 15 is 0 Å². The number of nitrogens with one attached hydrogen (secondary N) is 1. The minimum atomic E-state index is -0.622. The highest BCUT2D eigenvalue weighted by Crippen LogP contribution is 2.29. The zero-order chi connectivity index (χ0) is 14.3. The quantitative estimate of drug-likeness (QED) is 0.767. The lowest BCUT2D eigenvalue weighted by molar-refractivity contribution is 0.0321. The van der Waals surface area contributed by atoms with Crippen LogP contribution in [0.5, 0.6) is 5.75 Å². The number of halogens is 1. The van der Waals surface area contributed by atoms with Gasteiger partial charge in [0.05, 0.1) is 11.1 Å². The zero-order valence-corrected chi connectivity index (χ0v) is 13.2. The molecular formula is C14H22BrNO3. The Labute approximate surface area is 123 Å². The lowest BCUT2D eigenvalue weighted by Gasteiger charge is -2.17. The van der Waals surface area contributed by atoms with Gasteiger partial charge in [-0.1, -0.05) is 26.0 Å². The molecule has 0 spiro atoms. The van der Waals surface area contributed by atoms with Gasteiger partial charge in [-0.2, -0.15) is 0 Å². The van der Waals surface area contributed by atoms with Crippen molar-refractivity contribution in [3.63, 3.8) is 0 Å². The molecule has 0 bridgehead atoms. The molecule has 1 aromatic carbocycles. The summed E-state index contributed by atoms with van der Waals surface area (Å²) in [4.78, 5) is 0. The predicted octanol–water partition coefficient (Wildman–Crippen LogP) is 2.33. The minimum Gasteiger partial charge on any atom is -0.489 e. The third-order valence-corrected chi connectivity index (χ3v) is 3.15. The Kier molecular flexibility index (Phi) is 7.38. The first-order valence-electron chi connectivity index (χ1n) is 6.35. The van der Waals surface area contributed by atoms with Gasteiger partial charge in [0.1, 0.15) is 18.5 Å². The number of aliphatic hydroxyl groups excluding tert-OH is 1. The fraction of sp³-hybridized carbons (Fsp3) is 0.571. The SMILES string of the molecule is COCC(O)COc1c(Br)cccc1CNC(C)C. The second-order valence-corrected chi connectivity index (χ2v) is 5.54. The summed E-state index contributed by atoms with van der Waals surface area (Å²) in [5.74, 6) is 0.769. The van der Waals surface area contributed by atoms with Gasteiger partial charge in [-0.15, -0.1) is 0 Å². The van der Waals surface area contributed by atoms with Crippen LogP contribution in [0.4, 0.5) is 0 Å². The van der Waals surface area contributed by atoms with Gasteiger partial charge in [0, 0.05) is 25.3 Å². The van der Waals surface area contributed by atoms with Crippen molar-refractivity contribution in [2.75, 3.05) is 20.3 Å².